The third-order valence-electron chi connectivity index (χ3n) is 2.86. The molecule has 0 fully saturated rings. The second-order valence-electron chi connectivity index (χ2n) is 4.29. The second kappa shape index (κ2) is 6.06. The van der Waals surface area contributed by atoms with Gasteiger partial charge in [0.1, 0.15) is 11.6 Å². The van der Waals surface area contributed by atoms with Crippen LogP contribution in [0.15, 0.2) is 29.6 Å². The van der Waals surface area contributed by atoms with E-state index in [2.05, 4.69) is 5.32 Å². The average Bonchev–Trinajstić information content (AvgIpc) is 2.85. The molecule has 2 aromatic rings. The van der Waals surface area contributed by atoms with Crippen molar-refractivity contribution >= 4 is 16.3 Å². The van der Waals surface area contributed by atoms with Crippen LogP contribution in [0.25, 0.3) is 0 Å². The minimum Gasteiger partial charge on any atom is -0.306 e. The van der Waals surface area contributed by atoms with Crippen LogP contribution in [-0.2, 0) is 6.54 Å². The van der Waals surface area contributed by atoms with Crippen LogP contribution >= 0.6 is 11.3 Å². The van der Waals surface area contributed by atoms with Gasteiger partial charge < -0.3 is 5.32 Å². The zero-order valence-corrected chi connectivity index (χ0v) is 11.4. The zero-order chi connectivity index (χ0) is 14.7. The van der Waals surface area contributed by atoms with Gasteiger partial charge in [-0.3, -0.25) is 10.1 Å². The van der Waals surface area contributed by atoms with Crippen molar-refractivity contribution in [1.82, 2.24) is 5.32 Å². The summed E-state index contributed by atoms with van der Waals surface area (Å²) in [5, 5.41) is 15.2. The highest BCUT2D eigenvalue weighted by Crippen LogP contribution is 2.24. The Kier molecular flexibility index (Phi) is 4.41. The van der Waals surface area contributed by atoms with Gasteiger partial charge in [0.2, 0.25) is 0 Å². The van der Waals surface area contributed by atoms with Crippen LogP contribution in [0.4, 0.5) is 13.8 Å². The van der Waals surface area contributed by atoms with Crippen LogP contribution in [0.1, 0.15) is 24.1 Å². The van der Waals surface area contributed by atoms with Crippen LogP contribution < -0.4 is 5.32 Å². The highest BCUT2D eigenvalue weighted by atomic mass is 32.1. The van der Waals surface area contributed by atoms with E-state index < -0.39 is 22.6 Å². The van der Waals surface area contributed by atoms with E-state index in [9.17, 15) is 18.9 Å². The fourth-order valence-electron chi connectivity index (χ4n) is 1.85. The third-order valence-corrected chi connectivity index (χ3v) is 3.79. The number of hydrogen-bond donors (Lipinski definition) is 1. The molecule has 1 aromatic heterocycles. The van der Waals surface area contributed by atoms with Crippen LogP contribution in [0.5, 0.6) is 0 Å². The fourth-order valence-corrected chi connectivity index (χ4v) is 2.58. The summed E-state index contributed by atoms with van der Waals surface area (Å²) in [6, 6.07) is 4.62. The summed E-state index contributed by atoms with van der Waals surface area (Å²) >= 11 is 1.02. The lowest BCUT2D eigenvalue weighted by molar-refractivity contribution is -0.380. The first kappa shape index (κ1) is 14.5. The number of rotatable bonds is 5. The predicted molar refractivity (Wildman–Crippen MR) is 72.6 cm³/mol. The highest BCUT2D eigenvalue weighted by molar-refractivity contribution is 7.13. The van der Waals surface area contributed by atoms with Gasteiger partial charge in [0.25, 0.3) is 0 Å². The largest absolute Gasteiger partial charge is 0.324 e. The van der Waals surface area contributed by atoms with Gasteiger partial charge in [-0.1, -0.05) is 17.4 Å². The molecule has 1 atom stereocenters. The highest BCUT2D eigenvalue weighted by Gasteiger charge is 2.16. The first-order valence-electron chi connectivity index (χ1n) is 5.88. The maximum atomic E-state index is 13.6. The molecule has 1 aromatic carbocycles. The molecule has 0 radical (unpaired) electrons. The Bertz CT molecular complexity index is 610. The van der Waals surface area contributed by atoms with E-state index in [0.717, 1.165) is 11.3 Å². The Morgan fingerprint density at radius 3 is 2.60 bits per heavy atom. The Labute approximate surface area is 118 Å². The number of nitrogens with zero attached hydrogens (tertiary/aromatic N) is 1. The Morgan fingerprint density at radius 2 is 2.05 bits per heavy atom. The number of nitro groups is 1. The normalized spacial score (nSPS) is 12.3. The predicted octanol–water partition coefficient (Wildman–Crippen LogP) is 3.79. The minimum atomic E-state index is -0.610. The number of benzene rings is 1. The van der Waals surface area contributed by atoms with Crippen molar-refractivity contribution < 1.29 is 13.7 Å². The van der Waals surface area contributed by atoms with Crippen molar-refractivity contribution in [1.29, 1.82) is 0 Å². The molecule has 4 nitrogen and oxygen atoms in total. The van der Waals surface area contributed by atoms with E-state index >= 15 is 0 Å². The lowest BCUT2D eigenvalue weighted by Gasteiger charge is -2.15. The molecule has 0 amide bonds. The second-order valence-corrected chi connectivity index (χ2v) is 5.18. The van der Waals surface area contributed by atoms with E-state index in [1.54, 1.807) is 12.3 Å². The average molecular weight is 298 g/mol. The Morgan fingerprint density at radius 1 is 1.40 bits per heavy atom. The molecule has 0 aliphatic carbocycles. The molecule has 1 N–H and O–H groups in total. The molecule has 0 spiro atoms. The minimum absolute atomic E-state index is 0.0303. The molecule has 1 heterocycles. The van der Waals surface area contributed by atoms with Crippen molar-refractivity contribution in [2.75, 3.05) is 0 Å². The van der Waals surface area contributed by atoms with Crippen LogP contribution in [0.2, 0.25) is 0 Å². The van der Waals surface area contributed by atoms with Crippen LogP contribution in [0.3, 0.4) is 0 Å². The molecule has 0 saturated heterocycles. The van der Waals surface area contributed by atoms with Gasteiger partial charge in [-0.15, -0.1) is 0 Å². The van der Waals surface area contributed by atoms with Gasteiger partial charge in [-0.2, -0.15) is 0 Å². The molecule has 0 aliphatic heterocycles. The number of nitrogens with one attached hydrogen (secondary N) is 1. The van der Waals surface area contributed by atoms with E-state index in [-0.39, 0.29) is 10.6 Å². The van der Waals surface area contributed by atoms with Gasteiger partial charge in [-0.05, 0) is 24.6 Å². The number of hydrogen-bond acceptors (Lipinski definition) is 4. The third kappa shape index (κ3) is 3.17. The molecular weight excluding hydrogens is 286 g/mol. The van der Waals surface area contributed by atoms with E-state index in [4.69, 9.17) is 0 Å². The van der Waals surface area contributed by atoms with Crippen molar-refractivity contribution in [2.24, 2.45) is 0 Å². The molecule has 0 saturated carbocycles. The maximum absolute atomic E-state index is 13.6. The molecule has 0 aliphatic rings. The van der Waals surface area contributed by atoms with E-state index in [0.29, 0.717) is 12.1 Å². The lowest BCUT2D eigenvalue weighted by Crippen LogP contribution is -2.20. The molecule has 2 rings (SSSR count). The summed E-state index contributed by atoms with van der Waals surface area (Å²) in [5.74, 6) is -1.22. The van der Waals surface area contributed by atoms with Crippen molar-refractivity contribution in [3.63, 3.8) is 0 Å². The van der Waals surface area contributed by atoms with E-state index in [1.165, 1.54) is 24.3 Å². The van der Waals surface area contributed by atoms with Crippen LogP contribution in [0, 0.1) is 21.7 Å². The van der Waals surface area contributed by atoms with Crippen molar-refractivity contribution in [3.8, 4) is 0 Å². The monoisotopic (exact) mass is 298 g/mol. The molecule has 1 unspecified atom stereocenters. The van der Waals surface area contributed by atoms with Crippen molar-refractivity contribution in [3.05, 3.63) is 62.5 Å². The summed E-state index contributed by atoms with van der Waals surface area (Å²) in [5.41, 5.74) is 0.683. The first-order valence-corrected chi connectivity index (χ1v) is 6.76. The molecule has 20 heavy (non-hydrogen) atoms. The van der Waals surface area contributed by atoms with Gasteiger partial charge in [0.15, 0.2) is 0 Å². The summed E-state index contributed by atoms with van der Waals surface area (Å²) in [6.45, 7) is 1.95. The molecular formula is C13H12F2N2O2S. The molecule has 0 bridgehead atoms. The summed E-state index contributed by atoms with van der Waals surface area (Å²) in [7, 11) is 0. The standard InChI is InChI=1S/C13H12F2N2O2S/c1-8(13-10(14)3-2-4-11(13)15)16-6-9-5-12(17(18)19)20-7-9/h2-5,7-8,16H,6H2,1H3. The Hall–Kier alpha value is -1.86. The Balaban J connectivity index is 2.04. The molecule has 106 valence electrons. The van der Waals surface area contributed by atoms with Gasteiger partial charge in [0.05, 0.1) is 4.92 Å². The zero-order valence-electron chi connectivity index (χ0n) is 10.6. The topological polar surface area (TPSA) is 55.2 Å². The van der Waals surface area contributed by atoms with E-state index in [1.807, 2.05) is 0 Å². The lowest BCUT2D eigenvalue weighted by atomic mass is 10.1. The number of halogens is 2. The summed E-state index contributed by atoms with van der Waals surface area (Å²) in [6.07, 6.45) is 0. The fraction of sp³-hybridized carbons (Fsp3) is 0.231. The van der Waals surface area contributed by atoms with Crippen molar-refractivity contribution in [2.45, 2.75) is 19.5 Å². The first-order chi connectivity index (χ1) is 9.49. The van der Waals surface area contributed by atoms with Gasteiger partial charge >= 0.3 is 5.00 Å². The SMILES string of the molecule is CC(NCc1csc([N+](=O)[O-])c1)c1c(F)cccc1F. The maximum Gasteiger partial charge on any atom is 0.324 e. The smallest absolute Gasteiger partial charge is 0.306 e. The number of thiophene rings is 1. The summed E-state index contributed by atoms with van der Waals surface area (Å²) in [4.78, 5) is 10.1. The van der Waals surface area contributed by atoms with Gasteiger partial charge in [0, 0.05) is 29.6 Å². The molecule has 7 heteroatoms. The van der Waals surface area contributed by atoms with Crippen LogP contribution in [-0.4, -0.2) is 4.92 Å². The van der Waals surface area contributed by atoms with Gasteiger partial charge in [-0.25, -0.2) is 8.78 Å². The summed E-state index contributed by atoms with van der Waals surface area (Å²) < 4.78 is 27.1. The quantitative estimate of drug-likeness (QED) is 0.675.